The van der Waals surface area contributed by atoms with Crippen LogP contribution in [0.25, 0.3) is 0 Å². The van der Waals surface area contributed by atoms with Crippen molar-refractivity contribution < 1.29 is 9.53 Å². The molecule has 7 heteroatoms. The Kier molecular flexibility index (Phi) is 7.45. The number of nitrogens with one attached hydrogen (secondary N) is 1. The second kappa shape index (κ2) is 10.2. The molecule has 2 heterocycles. The quantitative estimate of drug-likeness (QED) is 0.710. The van der Waals surface area contributed by atoms with Crippen molar-refractivity contribution in [1.82, 2.24) is 19.6 Å². The number of aromatic nitrogens is 2. The molecule has 1 aliphatic heterocycles. The van der Waals surface area contributed by atoms with Crippen LogP contribution in [-0.4, -0.2) is 72.1 Å². The molecule has 2 aromatic rings. The van der Waals surface area contributed by atoms with E-state index in [2.05, 4.69) is 34.4 Å². The van der Waals surface area contributed by atoms with Crippen molar-refractivity contribution in [3.05, 3.63) is 48.2 Å². The number of methoxy groups -OCH3 is 1. The van der Waals surface area contributed by atoms with Gasteiger partial charge in [-0.2, -0.15) is 5.10 Å². The molecular formula is C21H31N5O2. The summed E-state index contributed by atoms with van der Waals surface area (Å²) in [5.41, 5.74) is 1.16. The number of hydrogen-bond acceptors (Lipinski definition) is 4. The van der Waals surface area contributed by atoms with Gasteiger partial charge in [-0.1, -0.05) is 30.3 Å². The number of piperazine rings is 1. The maximum atomic E-state index is 12.7. The predicted molar refractivity (Wildman–Crippen MR) is 111 cm³/mol. The van der Waals surface area contributed by atoms with Gasteiger partial charge in [0.1, 0.15) is 5.82 Å². The smallest absolute Gasteiger partial charge is 0.323 e. The first-order valence-corrected chi connectivity index (χ1v) is 10.0. The Labute approximate surface area is 167 Å². The second-order valence-corrected chi connectivity index (χ2v) is 7.21. The normalized spacial score (nSPS) is 16.1. The molecule has 152 valence electrons. The fraction of sp³-hybridized carbons (Fsp3) is 0.524. The molecular weight excluding hydrogens is 354 g/mol. The number of unbranched alkanes of at least 4 members (excludes halogenated alkanes) is 1. The highest BCUT2D eigenvalue weighted by Gasteiger charge is 2.22. The van der Waals surface area contributed by atoms with E-state index in [-0.39, 0.29) is 12.1 Å². The number of rotatable bonds is 8. The second-order valence-electron chi connectivity index (χ2n) is 7.21. The number of nitrogens with zero attached hydrogens (tertiary/aromatic N) is 4. The molecule has 1 aliphatic rings. The summed E-state index contributed by atoms with van der Waals surface area (Å²) in [5.74, 6) is 0.725. The summed E-state index contributed by atoms with van der Waals surface area (Å²) in [4.78, 5) is 17.0. The van der Waals surface area contributed by atoms with Crippen LogP contribution in [0.5, 0.6) is 0 Å². The van der Waals surface area contributed by atoms with Gasteiger partial charge in [0.25, 0.3) is 0 Å². The topological polar surface area (TPSA) is 62.6 Å². The van der Waals surface area contributed by atoms with Crippen LogP contribution in [0.3, 0.4) is 0 Å². The zero-order valence-corrected chi connectivity index (χ0v) is 16.9. The molecule has 0 aliphatic carbocycles. The lowest BCUT2D eigenvalue weighted by Crippen LogP contribution is -2.50. The molecule has 1 saturated heterocycles. The molecule has 2 amide bonds. The Balaban J connectivity index is 1.50. The maximum absolute atomic E-state index is 12.7. The molecule has 1 atom stereocenters. The Bertz CT molecular complexity index is 725. The van der Waals surface area contributed by atoms with Crippen LogP contribution in [0.1, 0.15) is 31.4 Å². The van der Waals surface area contributed by atoms with E-state index >= 15 is 0 Å². The fourth-order valence-electron chi connectivity index (χ4n) is 3.54. The molecule has 0 unspecified atom stereocenters. The Morgan fingerprint density at radius 1 is 1.14 bits per heavy atom. The molecule has 28 heavy (non-hydrogen) atoms. The van der Waals surface area contributed by atoms with Crippen molar-refractivity contribution in [2.45, 2.75) is 25.8 Å². The third-order valence-electron chi connectivity index (χ3n) is 5.29. The highest BCUT2D eigenvalue weighted by molar-refractivity contribution is 5.88. The number of carbonyl (C=O) groups is 1. The summed E-state index contributed by atoms with van der Waals surface area (Å²) in [6.07, 6.45) is 3.95. The van der Waals surface area contributed by atoms with E-state index in [4.69, 9.17) is 4.74 Å². The molecule has 0 spiro atoms. The standard InChI is InChI=1S/C21H31N5O2/c1-18(19-8-4-3-5-9-19)26-20(10-11-22-26)23-21(27)25-15-13-24(14-16-25)12-6-7-17-28-2/h3-5,8-11,18H,6-7,12-17H2,1-2H3,(H,23,27)/t18-/m1/s1. The van der Waals surface area contributed by atoms with Crippen LogP contribution in [0.2, 0.25) is 0 Å². The molecule has 1 N–H and O–H groups in total. The van der Waals surface area contributed by atoms with Crippen molar-refractivity contribution in [3.8, 4) is 0 Å². The molecule has 1 aromatic carbocycles. The Hall–Kier alpha value is -2.38. The van der Waals surface area contributed by atoms with Gasteiger partial charge >= 0.3 is 6.03 Å². The first-order chi connectivity index (χ1) is 13.7. The lowest BCUT2D eigenvalue weighted by Gasteiger charge is -2.34. The summed E-state index contributed by atoms with van der Waals surface area (Å²) in [5, 5.41) is 7.45. The van der Waals surface area contributed by atoms with E-state index in [1.165, 1.54) is 0 Å². The molecule has 7 nitrogen and oxygen atoms in total. The molecule has 1 fully saturated rings. The van der Waals surface area contributed by atoms with Gasteiger partial charge in [0.05, 0.1) is 12.2 Å². The van der Waals surface area contributed by atoms with Crippen molar-refractivity contribution in [2.24, 2.45) is 0 Å². The summed E-state index contributed by atoms with van der Waals surface area (Å²) >= 11 is 0. The lowest BCUT2D eigenvalue weighted by molar-refractivity contribution is 0.140. The largest absolute Gasteiger partial charge is 0.385 e. The lowest BCUT2D eigenvalue weighted by atomic mass is 10.1. The highest BCUT2D eigenvalue weighted by atomic mass is 16.5. The summed E-state index contributed by atoms with van der Waals surface area (Å²) in [6, 6.07) is 12.0. The van der Waals surface area contributed by atoms with Crippen LogP contribution in [0.15, 0.2) is 42.6 Å². The van der Waals surface area contributed by atoms with E-state index in [0.29, 0.717) is 0 Å². The van der Waals surface area contributed by atoms with Gasteiger partial charge in [-0.15, -0.1) is 0 Å². The first-order valence-electron chi connectivity index (χ1n) is 10.0. The van der Waals surface area contributed by atoms with Gasteiger partial charge in [0.2, 0.25) is 0 Å². The first kappa shape index (κ1) is 20.4. The summed E-state index contributed by atoms with van der Waals surface area (Å²) in [6.45, 7) is 7.30. The van der Waals surface area contributed by atoms with Gasteiger partial charge < -0.3 is 9.64 Å². The number of ether oxygens (including phenoxy) is 1. The van der Waals surface area contributed by atoms with Crippen LogP contribution in [0.4, 0.5) is 10.6 Å². The van der Waals surface area contributed by atoms with E-state index in [1.54, 1.807) is 13.3 Å². The molecule has 0 saturated carbocycles. The van der Waals surface area contributed by atoms with Crippen molar-refractivity contribution >= 4 is 11.8 Å². The van der Waals surface area contributed by atoms with Crippen LogP contribution >= 0.6 is 0 Å². The van der Waals surface area contributed by atoms with Gasteiger partial charge in [0.15, 0.2) is 0 Å². The van der Waals surface area contributed by atoms with Crippen molar-refractivity contribution in [3.63, 3.8) is 0 Å². The van der Waals surface area contributed by atoms with E-state index < -0.39 is 0 Å². The zero-order chi connectivity index (χ0) is 19.8. The van der Waals surface area contributed by atoms with E-state index in [1.807, 2.05) is 33.8 Å². The Morgan fingerprint density at radius 3 is 2.61 bits per heavy atom. The SMILES string of the molecule is COCCCCN1CCN(C(=O)Nc2ccnn2[C@H](C)c2ccccc2)CC1. The molecule has 0 radical (unpaired) electrons. The number of carbonyl (C=O) groups excluding carboxylic acids is 1. The van der Waals surface area contributed by atoms with Gasteiger partial charge in [0, 0.05) is 46.0 Å². The molecule has 0 bridgehead atoms. The van der Waals surface area contributed by atoms with E-state index in [0.717, 1.165) is 63.6 Å². The van der Waals surface area contributed by atoms with Crippen LogP contribution in [-0.2, 0) is 4.74 Å². The molecule has 1 aromatic heterocycles. The number of hydrogen-bond donors (Lipinski definition) is 1. The molecule has 3 rings (SSSR count). The van der Waals surface area contributed by atoms with Crippen LogP contribution < -0.4 is 5.32 Å². The van der Waals surface area contributed by atoms with Crippen LogP contribution in [0, 0.1) is 0 Å². The van der Waals surface area contributed by atoms with Gasteiger partial charge in [-0.25, -0.2) is 9.48 Å². The minimum absolute atomic E-state index is 0.0513. The minimum atomic E-state index is -0.0546. The predicted octanol–water partition coefficient (Wildman–Crippen LogP) is 3.07. The monoisotopic (exact) mass is 385 g/mol. The third-order valence-corrected chi connectivity index (χ3v) is 5.29. The number of anilines is 1. The van der Waals surface area contributed by atoms with Crippen molar-refractivity contribution in [1.29, 1.82) is 0 Å². The zero-order valence-electron chi connectivity index (χ0n) is 16.9. The number of benzene rings is 1. The Morgan fingerprint density at radius 2 is 1.89 bits per heavy atom. The number of amides is 2. The minimum Gasteiger partial charge on any atom is -0.385 e. The maximum Gasteiger partial charge on any atom is 0.323 e. The number of urea groups is 1. The average molecular weight is 386 g/mol. The fourth-order valence-corrected chi connectivity index (χ4v) is 3.54. The van der Waals surface area contributed by atoms with E-state index in [9.17, 15) is 4.79 Å². The summed E-state index contributed by atoms with van der Waals surface area (Å²) in [7, 11) is 1.74. The van der Waals surface area contributed by atoms with Gasteiger partial charge in [-0.05, 0) is 31.9 Å². The van der Waals surface area contributed by atoms with Gasteiger partial charge in [-0.3, -0.25) is 10.2 Å². The summed E-state index contributed by atoms with van der Waals surface area (Å²) < 4.78 is 6.96. The van der Waals surface area contributed by atoms with Crippen molar-refractivity contribution in [2.75, 3.05) is 51.8 Å². The highest BCUT2D eigenvalue weighted by Crippen LogP contribution is 2.21. The average Bonchev–Trinajstić information content (AvgIpc) is 3.19. The third kappa shape index (κ3) is 5.33.